The molecule has 2 rings (SSSR count). The van der Waals surface area contributed by atoms with E-state index in [0.717, 1.165) is 25.9 Å². The maximum Gasteiger partial charge on any atom is 0.0896 e. The van der Waals surface area contributed by atoms with Crippen molar-refractivity contribution in [3.8, 4) is 0 Å². The molecule has 2 N–H and O–H groups in total. The highest BCUT2D eigenvalue weighted by molar-refractivity contribution is 5.03. The van der Waals surface area contributed by atoms with Crippen molar-refractivity contribution in [1.29, 1.82) is 0 Å². The number of likely N-dealkylation sites (tertiary alicyclic amines) is 1. The van der Waals surface area contributed by atoms with Gasteiger partial charge in [0.25, 0.3) is 0 Å². The van der Waals surface area contributed by atoms with E-state index < -0.39 is 11.7 Å². The molecule has 0 aliphatic carbocycles. The number of aliphatic hydroxyl groups is 2. The van der Waals surface area contributed by atoms with Crippen molar-refractivity contribution >= 4 is 0 Å². The van der Waals surface area contributed by atoms with E-state index >= 15 is 0 Å². The Morgan fingerprint density at radius 3 is 2.39 bits per heavy atom. The predicted octanol–water partition coefficient (Wildman–Crippen LogP) is 1.01. The second-order valence-electron chi connectivity index (χ2n) is 6.83. The van der Waals surface area contributed by atoms with E-state index in [1.54, 1.807) is 0 Å². The van der Waals surface area contributed by atoms with Gasteiger partial charge in [0.05, 0.1) is 23.9 Å². The van der Waals surface area contributed by atoms with Gasteiger partial charge in [-0.15, -0.1) is 0 Å². The molecule has 0 saturated carbocycles. The molecule has 3 unspecified atom stereocenters. The highest BCUT2D eigenvalue weighted by atomic mass is 16.5. The summed E-state index contributed by atoms with van der Waals surface area (Å²) in [7, 11) is 0. The third-order valence-electron chi connectivity index (χ3n) is 4.65. The molecular formula is C14H27NO3. The number of aliphatic hydroxyl groups excluding tert-OH is 2. The van der Waals surface area contributed by atoms with E-state index in [-0.39, 0.29) is 24.2 Å². The Morgan fingerprint density at radius 1 is 1.22 bits per heavy atom. The van der Waals surface area contributed by atoms with Gasteiger partial charge in [-0.3, -0.25) is 4.90 Å². The quantitative estimate of drug-likeness (QED) is 0.792. The number of ether oxygens (including phenoxy) is 1. The van der Waals surface area contributed by atoms with Crippen LogP contribution in [0.3, 0.4) is 0 Å². The van der Waals surface area contributed by atoms with Crippen LogP contribution in [0.4, 0.5) is 0 Å². The summed E-state index contributed by atoms with van der Waals surface area (Å²) in [6.45, 7) is 10.1. The minimum absolute atomic E-state index is 0.0969. The lowest BCUT2D eigenvalue weighted by Crippen LogP contribution is -2.45. The molecule has 0 aromatic rings. The summed E-state index contributed by atoms with van der Waals surface area (Å²) >= 11 is 0. The molecule has 2 fully saturated rings. The molecule has 0 aromatic heterocycles. The number of nitrogens with zero attached hydrogens (tertiary/aromatic N) is 1. The minimum atomic E-state index is -0.484. The lowest BCUT2D eigenvalue weighted by Gasteiger charge is -2.33. The van der Waals surface area contributed by atoms with Gasteiger partial charge in [0.15, 0.2) is 0 Å². The smallest absolute Gasteiger partial charge is 0.0896 e. The molecule has 4 heteroatoms. The van der Waals surface area contributed by atoms with Crippen molar-refractivity contribution in [3.63, 3.8) is 0 Å². The molecule has 0 radical (unpaired) electrons. The van der Waals surface area contributed by atoms with Crippen molar-refractivity contribution in [2.24, 2.45) is 5.92 Å². The fraction of sp³-hybridized carbons (Fsp3) is 1.00. The minimum Gasteiger partial charge on any atom is -0.395 e. The summed E-state index contributed by atoms with van der Waals surface area (Å²) in [5.41, 5.74) is -0.798. The summed E-state index contributed by atoms with van der Waals surface area (Å²) in [6.07, 6.45) is 1.75. The van der Waals surface area contributed by atoms with E-state index in [1.807, 2.05) is 13.8 Å². The summed E-state index contributed by atoms with van der Waals surface area (Å²) in [5.74, 6) is 0.0969. The zero-order valence-corrected chi connectivity index (χ0v) is 12.0. The highest BCUT2D eigenvalue weighted by Crippen LogP contribution is 2.43. The first-order valence-corrected chi connectivity index (χ1v) is 7.01. The van der Waals surface area contributed by atoms with Crippen molar-refractivity contribution < 1.29 is 14.9 Å². The van der Waals surface area contributed by atoms with Crippen LogP contribution in [0.15, 0.2) is 0 Å². The first-order valence-electron chi connectivity index (χ1n) is 7.01. The van der Waals surface area contributed by atoms with E-state index in [2.05, 4.69) is 18.7 Å². The second-order valence-corrected chi connectivity index (χ2v) is 6.83. The molecule has 2 aliphatic heterocycles. The molecule has 106 valence electrons. The van der Waals surface area contributed by atoms with Gasteiger partial charge in [0.2, 0.25) is 0 Å². The van der Waals surface area contributed by atoms with Crippen LogP contribution in [-0.4, -0.2) is 58.2 Å². The molecule has 3 atom stereocenters. The van der Waals surface area contributed by atoms with Gasteiger partial charge in [0.1, 0.15) is 0 Å². The Hall–Kier alpha value is -0.160. The van der Waals surface area contributed by atoms with Gasteiger partial charge in [-0.05, 0) is 47.1 Å². The Bertz CT molecular complexity index is 303. The molecule has 2 saturated heterocycles. The molecule has 0 spiro atoms. The van der Waals surface area contributed by atoms with Crippen LogP contribution in [-0.2, 0) is 4.74 Å². The fourth-order valence-electron chi connectivity index (χ4n) is 3.59. The molecule has 2 aliphatic rings. The van der Waals surface area contributed by atoms with E-state index in [9.17, 15) is 10.2 Å². The number of hydrogen-bond acceptors (Lipinski definition) is 4. The maximum absolute atomic E-state index is 10.5. The number of rotatable bonds is 3. The molecule has 4 nitrogen and oxygen atoms in total. The summed E-state index contributed by atoms with van der Waals surface area (Å²) in [6, 6.07) is 0.261. The SMILES string of the molecule is CC1(C)OC(C)(C)C(CN2CCCC2CO)C1O. The van der Waals surface area contributed by atoms with Crippen molar-refractivity contribution in [1.82, 2.24) is 4.90 Å². The largest absolute Gasteiger partial charge is 0.395 e. The topological polar surface area (TPSA) is 52.9 Å². The van der Waals surface area contributed by atoms with Crippen molar-refractivity contribution in [2.75, 3.05) is 19.7 Å². The zero-order chi connectivity index (χ0) is 13.6. The van der Waals surface area contributed by atoms with Crippen LogP contribution < -0.4 is 0 Å². The lowest BCUT2D eigenvalue weighted by molar-refractivity contribution is -0.0915. The van der Waals surface area contributed by atoms with Crippen LogP contribution in [0, 0.1) is 5.92 Å². The van der Waals surface area contributed by atoms with Crippen LogP contribution in [0.25, 0.3) is 0 Å². The molecule has 18 heavy (non-hydrogen) atoms. The van der Waals surface area contributed by atoms with Crippen LogP contribution >= 0.6 is 0 Å². The standard InChI is InChI=1S/C14H27NO3/c1-13(2)11(12(17)14(3,4)18-13)8-15-7-5-6-10(15)9-16/h10-12,16-17H,5-9H2,1-4H3. The summed E-state index contributed by atoms with van der Waals surface area (Å²) in [5, 5.41) is 19.8. The number of hydrogen-bond donors (Lipinski definition) is 2. The second kappa shape index (κ2) is 4.75. The van der Waals surface area contributed by atoms with E-state index in [1.165, 1.54) is 0 Å². The van der Waals surface area contributed by atoms with Gasteiger partial charge < -0.3 is 14.9 Å². The van der Waals surface area contributed by atoms with Crippen LogP contribution in [0.1, 0.15) is 40.5 Å². The van der Waals surface area contributed by atoms with Gasteiger partial charge in [-0.2, -0.15) is 0 Å². The van der Waals surface area contributed by atoms with Gasteiger partial charge in [0, 0.05) is 18.5 Å². The van der Waals surface area contributed by atoms with Crippen molar-refractivity contribution in [3.05, 3.63) is 0 Å². The Morgan fingerprint density at radius 2 is 1.89 bits per heavy atom. The van der Waals surface area contributed by atoms with Gasteiger partial charge in [-0.1, -0.05) is 0 Å². The van der Waals surface area contributed by atoms with Gasteiger partial charge >= 0.3 is 0 Å². The molecule has 0 aromatic carbocycles. The highest BCUT2D eigenvalue weighted by Gasteiger charge is 2.53. The van der Waals surface area contributed by atoms with Crippen molar-refractivity contribution in [2.45, 2.75) is 63.9 Å². The monoisotopic (exact) mass is 257 g/mol. The molecule has 2 heterocycles. The Balaban J connectivity index is 2.08. The van der Waals surface area contributed by atoms with Crippen LogP contribution in [0.5, 0.6) is 0 Å². The molecule has 0 amide bonds. The molecule has 0 bridgehead atoms. The van der Waals surface area contributed by atoms with Crippen LogP contribution in [0.2, 0.25) is 0 Å². The first kappa shape index (κ1) is 14.3. The fourth-order valence-corrected chi connectivity index (χ4v) is 3.59. The predicted molar refractivity (Wildman–Crippen MR) is 70.4 cm³/mol. The average Bonchev–Trinajstić information content (AvgIpc) is 2.75. The lowest BCUT2D eigenvalue weighted by atomic mass is 9.84. The van der Waals surface area contributed by atoms with E-state index in [0.29, 0.717) is 0 Å². The normalized spacial score (nSPS) is 39.3. The average molecular weight is 257 g/mol. The third-order valence-corrected chi connectivity index (χ3v) is 4.65. The summed E-state index contributed by atoms with van der Waals surface area (Å²) in [4.78, 5) is 2.31. The Kier molecular flexibility index (Phi) is 3.76. The van der Waals surface area contributed by atoms with Gasteiger partial charge in [-0.25, -0.2) is 0 Å². The summed E-state index contributed by atoms with van der Waals surface area (Å²) < 4.78 is 6.00. The maximum atomic E-state index is 10.5. The van der Waals surface area contributed by atoms with E-state index in [4.69, 9.17) is 4.74 Å². The first-order chi connectivity index (χ1) is 8.28. The zero-order valence-electron chi connectivity index (χ0n) is 12.0. The molecular weight excluding hydrogens is 230 g/mol. The Labute approximate surface area is 110 Å². The third kappa shape index (κ3) is 2.44.